The Balaban J connectivity index is 2.16. The van der Waals surface area contributed by atoms with E-state index in [4.69, 9.17) is 4.74 Å². The highest BCUT2D eigenvalue weighted by Crippen LogP contribution is 2.12. The number of amides is 1. The van der Waals surface area contributed by atoms with Gasteiger partial charge < -0.3 is 15.4 Å². The number of carbonyl (C=O) groups excluding carboxylic acids is 1. The van der Waals surface area contributed by atoms with Crippen molar-refractivity contribution >= 4 is 6.09 Å². The van der Waals surface area contributed by atoms with Crippen molar-refractivity contribution in [2.24, 2.45) is 0 Å². The molecule has 0 aliphatic heterocycles. The van der Waals surface area contributed by atoms with Crippen LogP contribution in [0.2, 0.25) is 0 Å². The van der Waals surface area contributed by atoms with Gasteiger partial charge in [-0.3, -0.25) is 0 Å². The zero-order valence-electron chi connectivity index (χ0n) is 13.8. The predicted molar refractivity (Wildman–Crippen MR) is 86.5 cm³/mol. The fourth-order valence-corrected chi connectivity index (χ4v) is 1.88. The SMILES string of the molecule is Cc1ccc(C(C)NCCCNC(=O)OC(C)(C)C)cc1. The summed E-state index contributed by atoms with van der Waals surface area (Å²) < 4.78 is 5.18. The summed E-state index contributed by atoms with van der Waals surface area (Å²) in [6.45, 7) is 11.3. The zero-order chi connectivity index (χ0) is 15.9. The van der Waals surface area contributed by atoms with Gasteiger partial charge in [-0.2, -0.15) is 0 Å². The molecule has 21 heavy (non-hydrogen) atoms. The van der Waals surface area contributed by atoms with Gasteiger partial charge in [0.25, 0.3) is 0 Å². The van der Waals surface area contributed by atoms with Crippen LogP contribution in [0.25, 0.3) is 0 Å². The molecule has 1 unspecified atom stereocenters. The summed E-state index contributed by atoms with van der Waals surface area (Å²) in [4.78, 5) is 11.5. The molecule has 0 saturated carbocycles. The summed E-state index contributed by atoms with van der Waals surface area (Å²) >= 11 is 0. The monoisotopic (exact) mass is 292 g/mol. The highest BCUT2D eigenvalue weighted by atomic mass is 16.6. The highest BCUT2D eigenvalue weighted by molar-refractivity contribution is 5.67. The molecule has 0 spiro atoms. The molecule has 0 aliphatic rings. The number of alkyl carbamates (subject to hydrolysis) is 1. The second kappa shape index (κ2) is 8.03. The Bertz CT molecular complexity index is 435. The molecule has 0 bridgehead atoms. The normalized spacial score (nSPS) is 12.8. The Morgan fingerprint density at radius 1 is 1.19 bits per heavy atom. The van der Waals surface area contributed by atoms with Crippen molar-refractivity contribution < 1.29 is 9.53 Å². The Kier molecular flexibility index (Phi) is 6.69. The molecule has 0 aromatic heterocycles. The number of aryl methyl sites for hydroxylation is 1. The fraction of sp³-hybridized carbons (Fsp3) is 0.588. The molecule has 4 heteroatoms. The Hall–Kier alpha value is -1.55. The van der Waals surface area contributed by atoms with Crippen molar-refractivity contribution in [1.29, 1.82) is 0 Å². The smallest absolute Gasteiger partial charge is 0.407 e. The molecule has 0 radical (unpaired) electrons. The molecule has 2 N–H and O–H groups in total. The fourth-order valence-electron chi connectivity index (χ4n) is 1.88. The summed E-state index contributed by atoms with van der Waals surface area (Å²) in [6.07, 6.45) is 0.518. The third-order valence-corrected chi connectivity index (χ3v) is 3.05. The van der Waals surface area contributed by atoms with Crippen LogP contribution in [0, 0.1) is 6.92 Å². The van der Waals surface area contributed by atoms with Gasteiger partial charge in [0, 0.05) is 12.6 Å². The van der Waals surface area contributed by atoms with Gasteiger partial charge in [0.2, 0.25) is 0 Å². The average Bonchev–Trinajstić information content (AvgIpc) is 2.36. The maximum atomic E-state index is 11.5. The minimum atomic E-state index is -0.442. The third-order valence-electron chi connectivity index (χ3n) is 3.05. The molecule has 0 saturated heterocycles. The van der Waals surface area contributed by atoms with E-state index >= 15 is 0 Å². The van der Waals surface area contributed by atoms with E-state index in [2.05, 4.69) is 48.7 Å². The number of hydrogen-bond acceptors (Lipinski definition) is 3. The van der Waals surface area contributed by atoms with Gasteiger partial charge in [0.15, 0.2) is 0 Å². The van der Waals surface area contributed by atoms with Gasteiger partial charge in [-0.25, -0.2) is 4.79 Å². The lowest BCUT2D eigenvalue weighted by atomic mass is 10.1. The standard InChI is InChI=1S/C17H28N2O2/c1-13-7-9-15(10-8-13)14(2)18-11-6-12-19-16(20)21-17(3,4)5/h7-10,14,18H,6,11-12H2,1-5H3,(H,19,20). The number of carbonyl (C=O) groups is 1. The van der Waals surface area contributed by atoms with Gasteiger partial charge in [0.1, 0.15) is 5.60 Å². The van der Waals surface area contributed by atoms with Gasteiger partial charge >= 0.3 is 6.09 Å². The summed E-state index contributed by atoms with van der Waals surface area (Å²) in [5.74, 6) is 0. The Morgan fingerprint density at radius 3 is 2.38 bits per heavy atom. The van der Waals surface area contributed by atoms with Crippen molar-refractivity contribution in [3.63, 3.8) is 0 Å². The van der Waals surface area contributed by atoms with Gasteiger partial charge in [0.05, 0.1) is 0 Å². The molecule has 1 aromatic carbocycles. The number of rotatable bonds is 6. The van der Waals surface area contributed by atoms with E-state index in [0.717, 1.165) is 13.0 Å². The van der Waals surface area contributed by atoms with E-state index in [9.17, 15) is 4.79 Å². The quantitative estimate of drug-likeness (QED) is 0.788. The second-order valence-electron chi connectivity index (χ2n) is 6.37. The minimum absolute atomic E-state index is 0.312. The Labute approximate surface area is 128 Å². The van der Waals surface area contributed by atoms with Crippen molar-refractivity contribution in [2.75, 3.05) is 13.1 Å². The topological polar surface area (TPSA) is 50.4 Å². The maximum absolute atomic E-state index is 11.5. The van der Waals surface area contributed by atoms with E-state index in [1.165, 1.54) is 11.1 Å². The molecule has 4 nitrogen and oxygen atoms in total. The van der Waals surface area contributed by atoms with Crippen LogP contribution in [-0.4, -0.2) is 24.8 Å². The lowest BCUT2D eigenvalue weighted by Gasteiger charge is -2.20. The first-order chi connectivity index (χ1) is 9.78. The lowest BCUT2D eigenvalue weighted by Crippen LogP contribution is -2.34. The van der Waals surface area contributed by atoms with Crippen LogP contribution in [0.15, 0.2) is 24.3 Å². The van der Waals surface area contributed by atoms with E-state index in [0.29, 0.717) is 12.6 Å². The summed E-state index contributed by atoms with van der Waals surface area (Å²) in [5, 5.41) is 6.21. The van der Waals surface area contributed by atoms with E-state index in [1.54, 1.807) is 0 Å². The van der Waals surface area contributed by atoms with Crippen molar-refractivity contribution in [3.8, 4) is 0 Å². The summed E-state index contributed by atoms with van der Waals surface area (Å²) in [5.41, 5.74) is 2.11. The molecule has 118 valence electrons. The lowest BCUT2D eigenvalue weighted by molar-refractivity contribution is 0.0527. The van der Waals surface area contributed by atoms with Crippen molar-refractivity contribution in [3.05, 3.63) is 35.4 Å². The zero-order valence-corrected chi connectivity index (χ0v) is 13.8. The number of benzene rings is 1. The van der Waals surface area contributed by atoms with E-state index in [-0.39, 0.29) is 6.09 Å². The summed E-state index contributed by atoms with van der Waals surface area (Å²) in [7, 11) is 0. The number of ether oxygens (including phenoxy) is 1. The van der Waals surface area contributed by atoms with Crippen molar-refractivity contribution in [1.82, 2.24) is 10.6 Å². The predicted octanol–water partition coefficient (Wildman–Crippen LogP) is 3.56. The first kappa shape index (κ1) is 17.5. The van der Waals surface area contributed by atoms with Crippen LogP contribution in [-0.2, 0) is 4.74 Å². The second-order valence-corrected chi connectivity index (χ2v) is 6.37. The minimum Gasteiger partial charge on any atom is -0.444 e. The van der Waals surface area contributed by atoms with Crippen molar-refractivity contribution in [2.45, 2.75) is 52.7 Å². The van der Waals surface area contributed by atoms with E-state index < -0.39 is 5.60 Å². The first-order valence-corrected chi connectivity index (χ1v) is 7.55. The Morgan fingerprint density at radius 2 is 1.81 bits per heavy atom. The van der Waals surface area contributed by atoms with Crippen LogP contribution in [0.3, 0.4) is 0 Å². The molecule has 1 aromatic rings. The first-order valence-electron chi connectivity index (χ1n) is 7.55. The van der Waals surface area contributed by atoms with E-state index in [1.807, 2.05) is 20.8 Å². The summed E-state index contributed by atoms with van der Waals surface area (Å²) in [6, 6.07) is 8.85. The molecule has 0 aliphatic carbocycles. The molecule has 1 atom stereocenters. The van der Waals surface area contributed by atoms with Crippen LogP contribution in [0.1, 0.15) is 51.3 Å². The largest absolute Gasteiger partial charge is 0.444 e. The molecule has 1 amide bonds. The molecule has 0 heterocycles. The van der Waals surface area contributed by atoms with Gasteiger partial charge in [-0.05, 0) is 53.1 Å². The van der Waals surface area contributed by atoms with Gasteiger partial charge in [-0.15, -0.1) is 0 Å². The molecule has 0 fully saturated rings. The van der Waals surface area contributed by atoms with Crippen LogP contribution in [0.4, 0.5) is 4.79 Å². The number of nitrogens with one attached hydrogen (secondary N) is 2. The van der Waals surface area contributed by atoms with Crippen LogP contribution in [0.5, 0.6) is 0 Å². The molecular weight excluding hydrogens is 264 g/mol. The molecular formula is C17H28N2O2. The maximum Gasteiger partial charge on any atom is 0.407 e. The van der Waals surface area contributed by atoms with Crippen LogP contribution >= 0.6 is 0 Å². The van der Waals surface area contributed by atoms with Crippen LogP contribution < -0.4 is 10.6 Å². The molecule has 1 rings (SSSR count). The third kappa shape index (κ3) is 7.71. The average molecular weight is 292 g/mol. The number of hydrogen-bond donors (Lipinski definition) is 2. The van der Waals surface area contributed by atoms with Gasteiger partial charge in [-0.1, -0.05) is 29.8 Å². The highest BCUT2D eigenvalue weighted by Gasteiger charge is 2.15.